The molecule has 1 amide bonds. The highest BCUT2D eigenvalue weighted by atomic mass is 16.6. The Labute approximate surface area is 155 Å². The average Bonchev–Trinajstić information content (AvgIpc) is 3.12. The Morgan fingerprint density at radius 2 is 1.96 bits per heavy atom. The topological polar surface area (TPSA) is 88.4 Å². The van der Waals surface area contributed by atoms with Crippen LogP contribution in [0.15, 0.2) is 54.7 Å². The molecule has 0 saturated carbocycles. The van der Waals surface area contributed by atoms with E-state index >= 15 is 0 Å². The van der Waals surface area contributed by atoms with E-state index in [-0.39, 0.29) is 11.6 Å². The molecule has 0 spiro atoms. The van der Waals surface area contributed by atoms with Crippen LogP contribution in [0.5, 0.6) is 0 Å². The van der Waals surface area contributed by atoms with E-state index in [4.69, 9.17) is 0 Å². The number of hydrogen-bond acceptors (Lipinski definition) is 5. The minimum absolute atomic E-state index is 0.0447. The summed E-state index contributed by atoms with van der Waals surface area (Å²) in [6.45, 7) is 1.33. The van der Waals surface area contributed by atoms with Gasteiger partial charge in [0.1, 0.15) is 5.52 Å². The van der Waals surface area contributed by atoms with Gasteiger partial charge in [0.05, 0.1) is 16.0 Å². The number of nitro benzene ring substituents is 1. The van der Waals surface area contributed by atoms with Crippen molar-refractivity contribution in [1.82, 2.24) is 4.98 Å². The van der Waals surface area contributed by atoms with Crippen LogP contribution in [0, 0.1) is 10.1 Å². The predicted molar refractivity (Wildman–Crippen MR) is 104 cm³/mol. The molecule has 7 heteroatoms. The second-order valence-electron chi connectivity index (χ2n) is 6.46. The second-order valence-corrected chi connectivity index (χ2v) is 6.46. The second kappa shape index (κ2) is 7.03. The SMILES string of the molecule is O=C1CCCN1c1ccc(CNc2ccc([N+](=O)[O-])c3cccnc23)cc1. The smallest absolute Gasteiger partial charge is 0.278 e. The summed E-state index contributed by atoms with van der Waals surface area (Å²) in [5.74, 6) is 0.171. The van der Waals surface area contributed by atoms with E-state index in [9.17, 15) is 14.9 Å². The summed E-state index contributed by atoms with van der Waals surface area (Å²) in [6, 6.07) is 14.4. The summed E-state index contributed by atoms with van der Waals surface area (Å²) < 4.78 is 0. The number of amides is 1. The van der Waals surface area contributed by atoms with E-state index < -0.39 is 4.92 Å². The number of nitrogens with zero attached hydrogens (tertiary/aromatic N) is 3. The molecule has 1 N–H and O–H groups in total. The Hall–Kier alpha value is -3.48. The molecule has 27 heavy (non-hydrogen) atoms. The molecule has 0 unspecified atom stereocenters. The molecule has 2 aromatic carbocycles. The Morgan fingerprint density at radius 3 is 2.67 bits per heavy atom. The van der Waals surface area contributed by atoms with Crippen LogP contribution in [0.4, 0.5) is 17.1 Å². The minimum atomic E-state index is -0.397. The van der Waals surface area contributed by atoms with Gasteiger partial charge in [0.15, 0.2) is 0 Å². The van der Waals surface area contributed by atoms with Crippen molar-refractivity contribution in [3.8, 4) is 0 Å². The van der Waals surface area contributed by atoms with Gasteiger partial charge in [0.25, 0.3) is 5.69 Å². The number of non-ortho nitro benzene ring substituents is 1. The van der Waals surface area contributed by atoms with Crippen molar-refractivity contribution in [2.75, 3.05) is 16.8 Å². The quantitative estimate of drug-likeness (QED) is 0.550. The fourth-order valence-corrected chi connectivity index (χ4v) is 3.37. The Bertz CT molecular complexity index is 1020. The monoisotopic (exact) mass is 362 g/mol. The molecule has 136 valence electrons. The molecule has 1 aliphatic rings. The largest absolute Gasteiger partial charge is 0.379 e. The number of carbonyl (C=O) groups excluding carboxylic acids is 1. The Morgan fingerprint density at radius 1 is 1.15 bits per heavy atom. The lowest BCUT2D eigenvalue weighted by atomic mass is 10.1. The zero-order chi connectivity index (χ0) is 18.8. The number of pyridine rings is 1. The van der Waals surface area contributed by atoms with Crippen molar-refractivity contribution in [2.45, 2.75) is 19.4 Å². The van der Waals surface area contributed by atoms with Gasteiger partial charge in [-0.05, 0) is 42.3 Å². The van der Waals surface area contributed by atoms with Crippen molar-refractivity contribution in [2.24, 2.45) is 0 Å². The Kier molecular flexibility index (Phi) is 4.42. The van der Waals surface area contributed by atoms with Crippen molar-refractivity contribution >= 4 is 33.9 Å². The van der Waals surface area contributed by atoms with Crippen LogP contribution in [-0.2, 0) is 11.3 Å². The number of nitro groups is 1. The molecule has 1 saturated heterocycles. The van der Waals surface area contributed by atoms with Crippen LogP contribution in [-0.4, -0.2) is 22.4 Å². The molecule has 0 radical (unpaired) electrons. The summed E-state index contributed by atoms with van der Waals surface area (Å²) in [5.41, 5.74) is 3.33. The number of anilines is 2. The standard InChI is InChI=1S/C20H18N4O3/c25-19-4-2-12-23(19)15-7-5-14(6-8-15)13-22-17-9-10-18(24(26)27)16-3-1-11-21-20(16)17/h1,3,5-11,22H,2,4,12-13H2. The van der Waals surface area contributed by atoms with E-state index in [0.717, 1.165) is 29.9 Å². The lowest BCUT2D eigenvalue weighted by molar-refractivity contribution is -0.383. The number of aromatic nitrogens is 1. The Balaban J connectivity index is 1.53. The third-order valence-corrected chi connectivity index (χ3v) is 4.75. The molecule has 0 atom stereocenters. The number of carbonyl (C=O) groups is 1. The molecule has 0 bridgehead atoms. The van der Waals surface area contributed by atoms with E-state index in [2.05, 4.69) is 10.3 Å². The lowest BCUT2D eigenvalue weighted by Crippen LogP contribution is -2.23. The first-order valence-electron chi connectivity index (χ1n) is 8.79. The summed E-state index contributed by atoms with van der Waals surface area (Å²) in [6.07, 6.45) is 3.14. The van der Waals surface area contributed by atoms with Crippen molar-refractivity contribution < 1.29 is 9.72 Å². The third kappa shape index (κ3) is 3.31. The molecule has 3 aromatic rings. The number of fused-ring (bicyclic) bond motifs is 1. The first kappa shape index (κ1) is 17.0. The van der Waals surface area contributed by atoms with Crippen LogP contribution in [0.25, 0.3) is 10.9 Å². The van der Waals surface area contributed by atoms with Gasteiger partial charge in [-0.25, -0.2) is 0 Å². The predicted octanol–water partition coefficient (Wildman–Crippen LogP) is 3.88. The van der Waals surface area contributed by atoms with Gasteiger partial charge in [-0.2, -0.15) is 0 Å². The minimum Gasteiger partial charge on any atom is -0.379 e. The molecular formula is C20H18N4O3. The maximum Gasteiger partial charge on any atom is 0.278 e. The normalized spacial score (nSPS) is 13.9. The summed E-state index contributed by atoms with van der Waals surface area (Å²) >= 11 is 0. The van der Waals surface area contributed by atoms with Crippen LogP contribution < -0.4 is 10.2 Å². The van der Waals surface area contributed by atoms with Gasteiger partial charge in [-0.15, -0.1) is 0 Å². The molecule has 2 heterocycles. The summed E-state index contributed by atoms with van der Waals surface area (Å²) in [7, 11) is 0. The van der Waals surface area contributed by atoms with Gasteiger partial charge in [-0.3, -0.25) is 19.9 Å². The maximum atomic E-state index is 11.8. The van der Waals surface area contributed by atoms with E-state index in [1.54, 1.807) is 24.4 Å². The first-order valence-corrected chi connectivity index (χ1v) is 8.79. The average molecular weight is 362 g/mol. The van der Waals surface area contributed by atoms with Crippen molar-refractivity contribution in [1.29, 1.82) is 0 Å². The van der Waals surface area contributed by atoms with Gasteiger partial charge in [-0.1, -0.05) is 12.1 Å². The fourth-order valence-electron chi connectivity index (χ4n) is 3.37. The highest BCUT2D eigenvalue weighted by molar-refractivity contribution is 5.97. The zero-order valence-corrected chi connectivity index (χ0v) is 14.6. The zero-order valence-electron chi connectivity index (χ0n) is 14.6. The molecular weight excluding hydrogens is 344 g/mol. The highest BCUT2D eigenvalue weighted by Gasteiger charge is 2.21. The summed E-state index contributed by atoms with van der Waals surface area (Å²) in [5, 5.41) is 15.0. The van der Waals surface area contributed by atoms with E-state index in [1.165, 1.54) is 6.07 Å². The van der Waals surface area contributed by atoms with Gasteiger partial charge < -0.3 is 10.2 Å². The molecule has 7 nitrogen and oxygen atoms in total. The van der Waals surface area contributed by atoms with Crippen molar-refractivity contribution in [3.63, 3.8) is 0 Å². The number of nitrogens with one attached hydrogen (secondary N) is 1. The van der Waals surface area contributed by atoms with Gasteiger partial charge in [0.2, 0.25) is 5.91 Å². The van der Waals surface area contributed by atoms with Crippen molar-refractivity contribution in [3.05, 3.63) is 70.4 Å². The van der Waals surface area contributed by atoms with Crippen LogP contribution in [0.3, 0.4) is 0 Å². The lowest BCUT2D eigenvalue weighted by Gasteiger charge is -2.16. The van der Waals surface area contributed by atoms with Gasteiger partial charge >= 0.3 is 0 Å². The number of rotatable bonds is 5. The van der Waals surface area contributed by atoms with Crippen LogP contribution in [0.2, 0.25) is 0 Å². The van der Waals surface area contributed by atoms with Crippen LogP contribution >= 0.6 is 0 Å². The third-order valence-electron chi connectivity index (χ3n) is 4.75. The van der Waals surface area contributed by atoms with E-state index in [0.29, 0.717) is 23.9 Å². The molecule has 1 fully saturated rings. The summed E-state index contributed by atoms with van der Waals surface area (Å²) in [4.78, 5) is 28.7. The van der Waals surface area contributed by atoms with Gasteiger partial charge in [0, 0.05) is 37.5 Å². The van der Waals surface area contributed by atoms with E-state index in [1.807, 2.05) is 29.2 Å². The first-order chi connectivity index (χ1) is 13.1. The highest BCUT2D eigenvalue weighted by Crippen LogP contribution is 2.30. The fraction of sp³-hybridized carbons (Fsp3) is 0.200. The maximum absolute atomic E-state index is 11.8. The van der Waals surface area contributed by atoms with Crippen LogP contribution in [0.1, 0.15) is 18.4 Å². The number of benzene rings is 2. The molecule has 0 aliphatic carbocycles. The molecule has 1 aromatic heterocycles. The molecule has 4 rings (SSSR count). The molecule has 1 aliphatic heterocycles. The number of hydrogen-bond donors (Lipinski definition) is 1.